The van der Waals surface area contributed by atoms with E-state index >= 15 is 0 Å². The number of benzene rings is 2. The molecule has 0 bridgehead atoms. The normalized spacial score (nSPS) is 23.5. The Morgan fingerprint density at radius 3 is 2.02 bits per heavy atom. The zero-order valence-electron chi connectivity index (χ0n) is 24.3. The molecule has 0 saturated carbocycles. The lowest BCUT2D eigenvalue weighted by atomic mass is 9.86. The summed E-state index contributed by atoms with van der Waals surface area (Å²) >= 11 is 6.53. The first-order chi connectivity index (χ1) is 19.7. The second-order valence-electron chi connectivity index (χ2n) is 10.1. The molecule has 3 rings (SSSR count). The van der Waals surface area contributed by atoms with Crippen molar-refractivity contribution < 1.29 is 52.7 Å². The number of ether oxygens (including phenoxy) is 6. The molecule has 1 N–H and O–H groups in total. The van der Waals surface area contributed by atoms with Gasteiger partial charge in [0.15, 0.2) is 12.2 Å². The minimum atomic E-state index is -2.46. The van der Waals surface area contributed by atoms with Crippen LogP contribution < -0.4 is 4.74 Å². The van der Waals surface area contributed by atoms with Gasteiger partial charge < -0.3 is 33.5 Å². The van der Waals surface area contributed by atoms with Gasteiger partial charge in [0.1, 0.15) is 18.5 Å². The largest absolute Gasteiger partial charge is 0.491 e. The monoisotopic (exact) mass is 606 g/mol. The van der Waals surface area contributed by atoms with E-state index in [4.69, 9.17) is 40.0 Å². The van der Waals surface area contributed by atoms with Crippen molar-refractivity contribution in [2.75, 3.05) is 6.61 Å². The molecule has 0 aliphatic carbocycles. The van der Waals surface area contributed by atoms with Crippen LogP contribution in [0.2, 0.25) is 5.02 Å². The van der Waals surface area contributed by atoms with Gasteiger partial charge in [0, 0.05) is 38.3 Å². The van der Waals surface area contributed by atoms with Gasteiger partial charge >= 0.3 is 23.9 Å². The van der Waals surface area contributed by atoms with Crippen molar-refractivity contribution in [3.8, 4) is 5.75 Å². The first-order valence-corrected chi connectivity index (χ1v) is 13.7. The first-order valence-electron chi connectivity index (χ1n) is 13.3. The summed E-state index contributed by atoms with van der Waals surface area (Å²) in [5, 5.41) is 12.5. The van der Waals surface area contributed by atoms with Crippen LogP contribution >= 0.6 is 11.6 Å². The van der Waals surface area contributed by atoms with E-state index in [1.54, 1.807) is 6.07 Å². The van der Waals surface area contributed by atoms with Crippen LogP contribution in [0.5, 0.6) is 5.75 Å². The highest BCUT2D eigenvalue weighted by Crippen LogP contribution is 2.42. The van der Waals surface area contributed by atoms with Gasteiger partial charge in [-0.2, -0.15) is 0 Å². The maximum atomic E-state index is 12.2. The molecule has 5 atom stereocenters. The molecule has 1 aliphatic heterocycles. The Bertz CT molecular complexity index is 1290. The van der Waals surface area contributed by atoms with Crippen molar-refractivity contribution in [1.82, 2.24) is 0 Å². The topological polar surface area (TPSA) is 144 Å². The van der Waals surface area contributed by atoms with Gasteiger partial charge in [0.2, 0.25) is 11.9 Å². The number of halogens is 1. The van der Waals surface area contributed by atoms with Crippen LogP contribution in [0.1, 0.15) is 58.2 Å². The van der Waals surface area contributed by atoms with Crippen LogP contribution in [-0.2, 0) is 55.1 Å². The van der Waals surface area contributed by atoms with Gasteiger partial charge in [-0.3, -0.25) is 19.2 Å². The van der Waals surface area contributed by atoms with E-state index in [9.17, 15) is 24.3 Å². The highest BCUT2D eigenvalue weighted by Gasteiger charge is 2.60. The van der Waals surface area contributed by atoms with Crippen LogP contribution in [0.3, 0.4) is 0 Å². The maximum Gasteiger partial charge on any atom is 0.303 e. The molecule has 0 unspecified atom stereocenters. The second kappa shape index (κ2) is 14.0. The van der Waals surface area contributed by atoms with Crippen molar-refractivity contribution in [2.45, 2.75) is 84.3 Å². The van der Waals surface area contributed by atoms with Crippen molar-refractivity contribution >= 4 is 35.5 Å². The van der Waals surface area contributed by atoms with E-state index in [1.165, 1.54) is 12.1 Å². The number of carbonyl (C=O) groups is 4. The van der Waals surface area contributed by atoms with Gasteiger partial charge in [-0.25, -0.2) is 0 Å². The Labute approximate surface area is 248 Å². The van der Waals surface area contributed by atoms with E-state index in [-0.39, 0.29) is 11.7 Å². The number of hydrogen-bond acceptors (Lipinski definition) is 11. The lowest BCUT2D eigenvalue weighted by Crippen LogP contribution is -2.66. The Kier molecular flexibility index (Phi) is 10.9. The SMILES string of the molecule is CC(=O)OC[C@H]1O[C@](O)(c2ccc(Cl)c(Cc3ccc(OC(C)C)cc3)c2)[C@H](OC(C)=O)[C@@H](OC(C)=O)[C@@H]1OC(C)=O. The van der Waals surface area contributed by atoms with E-state index < -0.39 is 60.7 Å². The molecule has 1 fully saturated rings. The zero-order chi connectivity index (χ0) is 31.2. The van der Waals surface area contributed by atoms with Crippen LogP contribution in [0.4, 0.5) is 0 Å². The van der Waals surface area contributed by atoms with Crippen LogP contribution in [0, 0.1) is 0 Å². The predicted octanol–water partition coefficient (Wildman–Crippen LogP) is 3.62. The van der Waals surface area contributed by atoms with E-state index in [0.717, 1.165) is 33.3 Å². The summed E-state index contributed by atoms with van der Waals surface area (Å²) in [4.78, 5) is 48.0. The molecule has 11 nitrogen and oxygen atoms in total. The fourth-order valence-electron chi connectivity index (χ4n) is 4.62. The highest BCUT2D eigenvalue weighted by molar-refractivity contribution is 6.31. The number of aliphatic hydroxyl groups is 1. The third kappa shape index (κ3) is 8.43. The Balaban J connectivity index is 2.09. The maximum absolute atomic E-state index is 12.2. The van der Waals surface area contributed by atoms with E-state index in [2.05, 4.69) is 0 Å². The molecule has 0 amide bonds. The quantitative estimate of drug-likeness (QED) is 0.313. The minimum absolute atomic E-state index is 0.0179. The summed E-state index contributed by atoms with van der Waals surface area (Å²) in [5.41, 5.74) is 1.57. The van der Waals surface area contributed by atoms with E-state index in [0.29, 0.717) is 22.8 Å². The smallest absolute Gasteiger partial charge is 0.303 e. The molecule has 228 valence electrons. The van der Waals surface area contributed by atoms with Crippen molar-refractivity contribution in [3.63, 3.8) is 0 Å². The molecule has 1 saturated heterocycles. The molecular weight excluding hydrogens is 572 g/mol. The average Bonchev–Trinajstić information content (AvgIpc) is 2.88. The third-order valence-electron chi connectivity index (χ3n) is 6.20. The fourth-order valence-corrected chi connectivity index (χ4v) is 4.81. The van der Waals surface area contributed by atoms with Gasteiger partial charge in [-0.1, -0.05) is 29.8 Å². The average molecular weight is 607 g/mol. The fraction of sp³-hybridized carbons (Fsp3) is 0.467. The summed E-state index contributed by atoms with van der Waals surface area (Å²) < 4.78 is 33.1. The molecule has 0 spiro atoms. The molecule has 2 aromatic carbocycles. The van der Waals surface area contributed by atoms with Gasteiger partial charge in [0.25, 0.3) is 0 Å². The van der Waals surface area contributed by atoms with Gasteiger partial charge in [0.05, 0.1) is 6.10 Å². The van der Waals surface area contributed by atoms with Crippen molar-refractivity contribution in [3.05, 3.63) is 64.2 Å². The van der Waals surface area contributed by atoms with Gasteiger partial charge in [-0.05, 0) is 55.7 Å². The lowest BCUT2D eigenvalue weighted by molar-refractivity contribution is -0.360. The Morgan fingerprint density at radius 1 is 0.881 bits per heavy atom. The van der Waals surface area contributed by atoms with Crippen LogP contribution in [-0.4, -0.2) is 66.1 Å². The van der Waals surface area contributed by atoms with Crippen molar-refractivity contribution in [1.29, 1.82) is 0 Å². The summed E-state index contributed by atoms with van der Waals surface area (Å²) in [5.74, 6) is -4.85. The van der Waals surface area contributed by atoms with Crippen molar-refractivity contribution in [2.24, 2.45) is 0 Å². The molecule has 1 aliphatic rings. The third-order valence-corrected chi connectivity index (χ3v) is 6.57. The molecular formula is C30H35ClO11. The predicted molar refractivity (Wildman–Crippen MR) is 149 cm³/mol. The Hall–Kier alpha value is -3.67. The summed E-state index contributed by atoms with van der Waals surface area (Å²) in [6, 6.07) is 12.0. The van der Waals surface area contributed by atoms with Crippen LogP contribution in [0.15, 0.2) is 42.5 Å². The molecule has 1 heterocycles. The van der Waals surface area contributed by atoms with Gasteiger partial charge in [-0.15, -0.1) is 0 Å². The molecule has 42 heavy (non-hydrogen) atoms. The number of esters is 4. The molecule has 0 aromatic heterocycles. The van der Waals surface area contributed by atoms with Crippen LogP contribution in [0.25, 0.3) is 0 Å². The molecule has 12 heteroatoms. The highest BCUT2D eigenvalue weighted by atomic mass is 35.5. The first kappa shape index (κ1) is 32.8. The molecule has 0 radical (unpaired) electrons. The summed E-state index contributed by atoms with van der Waals surface area (Å²) in [7, 11) is 0. The standard InChI is InChI=1S/C30H35ClO11/c1-16(2)38-24-10-7-21(8-11-24)13-22-14-23(9-12-25(22)31)30(36)29(41-20(6)35)28(40-19(5)34)27(39-18(4)33)26(42-30)15-37-17(3)32/h7-12,14,16,26-29,36H,13,15H2,1-6H3/t26-,27-,28+,29-,30-/m1/s1. The van der Waals surface area contributed by atoms with E-state index in [1.807, 2.05) is 38.1 Å². The minimum Gasteiger partial charge on any atom is -0.491 e. The summed E-state index contributed by atoms with van der Waals surface area (Å²) in [6.45, 7) is 7.84. The number of hydrogen-bond donors (Lipinski definition) is 1. The molecule has 2 aromatic rings. The second-order valence-corrected chi connectivity index (χ2v) is 10.5. The summed E-state index contributed by atoms with van der Waals surface area (Å²) in [6.07, 6.45) is -5.60. The lowest BCUT2D eigenvalue weighted by Gasteiger charge is -2.48. The Morgan fingerprint density at radius 2 is 1.48 bits per heavy atom. The zero-order valence-corrected chi connectivity index (χ0v) is 25.0. The number of carbonyl (C=O) groups excluding carboxylic acids is 4. The number of rotatable bonds is 10.